The van der Waals surface area contributed by atoms with Gasteiger partial charge in [-0.25, -0.2) is 0 Å². The first-order valence-corrected chi connectivity index (χ1v) is 7.48. The minimum Gasteiger partial charge on any atom is -0.368 e. The van der Waals surface area contributed by atoms with Crippen molar-refractivity contribution in [1.82, 2.24) is 9.80 Å². The van der Waals surface area contributed by atoms with Gasteiger partial charge in [0.15, 0.2) is 0 Å². The van der Waals surface area contributed by atoms with Crippen LogP contribution in [0.25, 0.3) is 0 Å². The van der Waals surface area contributed by atoms with Crippen molar-refractivity contribution in [2.75, 3.05) is 33.2 Å². The van der Waals surface area contributed by atoms with Gasteiger partial charge in [0.2, 0.25) is 5.91 Å². The molecule has 0 spiro atoms. The lowest BCUT2D eigenvalue weighted by molar-refractivity contribution is -0.124. The van der Waals surface area contributed by atoms with Crippen LogP contribution in [0.4, 0.5) is 0 Å². The van der Waals surface area contributed by atoms with Crippen LogP contribution < -0.4 is 11.5 Å². The van der Waals surface area contributed by atoms with Crippen LogP contribution in [0.2, 0.25) is 0 Å². The SMILES string of the molecule is CCN1CCCC1CN(C)CC(N)(C(N)=O)C1CC1. The van der Waals surface area contributed by atoms with Crippen molar-refractivity contribution in [1.29, 1.82) is 0 Å². The van der Waals surface area contributed by atoms with Crippen molar-refractivity contribution in [2.24, 2.45) is 17.4 Å². The lowest BCUT2D eigenvalue weighted by atomic mass is 9.93. The van der Waals surface area contributed by atoms with Crippen LogP contribution >= 0.6 is 0 Å². The number of rotatable bonds is 7. The summed E-state index contributed by atoms with van der Waals surface area (Å²) in [7, 11) is 2.05. The van der Waals surface area contributed by atoms with E-state index in [9.17, 15) is 4.79 Å². The Hall–Kier alpha value is -0.650. The Morgan fingerprint density at radius 2 is 2.11 bits per heavy atom. The van der Waals surface area contributed by atoms with E-state index in [2.05, 4.69) is 23.8 Å². The predicted octanol–water partition coefficient (Wildman–Crippen LogP) is -0.00470. The van der Waals surface area contributed by atoms with Gasteiger partial charge < -0.3 is 16.4 Å². The average Bonchev–Trinajstić information content (AvgIpc) is 3.11. The number of primary amides is 1. The van der Waals surface area contributed by atoms with Gasteiger partial charge in [0.25, 0.3) is 0 Å². The molecule has 2 atom stereocenters. The van der Waals surface area contributed by atoms with Crippen molar-refractivity contribution in [2.45, 2.75) is 44.2 Å². The molecular weight excluding hydrogens is 240 g/mol. The first-order valence-electron chi connectivity index (χ1n) is 7.48. The molecule has 0 bridgehead atoms. The molecule has 2 aliphatic rings. The Labute approximate surface area is 116 Å². The van der Waals surface area contributed by atoms with Gasteiger partial charge in [0.05, 0.1) is 0 Å². The van der Waals surface area contributed by atoms with E-state index in [1.165, 1.54) is 19.4 Å². The lowest BCUT2D eigenvalue weighted by Gasteiger charge is -2.34. The maximum Gasteiger partial charge on any atom is 0.239 e. The number of likely N-dealkylation sites (tertiary alicyclic amines) is 1. The first kappa shape index (κ1) is 14.8. The molecule has 1 aliphatic heterocycles. The van der Waals surface area contributed by atoms with Crippen LogP contribution in [0.1, 0.15) is 32.6 Å². The normalized spacial score (nSPS) is 27.7. The molecule has 1 saturated heterocycles. The second-order valence-corrected chi connectivity index (χ2v) is 6.30. The van der Waals surface area contributed by atoms with Gasteiger partial charge in [-0.1, -0.05) is 6.92 Å². The molecule has 2 fully saturated rings. The fraction of sp³-hybridized carbons (Fsp3) is 0.929. The van der Waals surface area contributed by atoms with Crippen molar-refractivity contribution >= 4 is 5.91 Å². The molecule has 2 rings (SSSR count). The summed E-state index contributed by atoms with van der Waals surface area (Å²) in [5.41, 5.74) is 11.0. The van der Waals surface area contributed by atoms with Gasteiger partial charge in [-0.3, -0.25) is 9.69 Å². The highest BCUT2D eigenvalue weighted by Gasteiger charge is 2.47. The molecule has 5 heteroatoms. The van der Waals surface area contributed by atoms with E-state index in [1.807, 2.05) is 0 Å². The largest absolute Gasteiger partial charge is 0.368 e. The molecule has 110 valence electrons. The van der Waals surface area contributed by atoms with Crippen molar-refractivity contribution < 1.29 is 4.79 Å². The van der Waals surface area contributed by atoms with Crippen LogP contribution in [-0.4, -0.2) is 60.5 Å². The zero-order valence-electron chi connectivity index (χ0n) is 12.3. The van der Waals surface area contributed by atoms with E-state index in [0.29, 0.717) is 18.5 Å². The molecule has 0 aromatic rings. The van der Waals surface area contributed by atoms with Crippen LogP contribution in [0.5, 0.6) is 0 Å². The van der Waals surface area contributed by atoms with Crippen molar-refractivity contribution in [3.05, 3.63) is 0 Å². The number of hydrogen-bond donors (Lipinski definition) is 2. The number of carbonyl (C=O) groups is 1. The summed E-state index contributed by atoms with van der Waals surface area (Å²) in [5.74, 6) is -0.0566. The number of nitrogens with two attached hydrogens (primary N) is 2. The number of hydrogen-bond acceptors (Lipinski definition) is 4. The highest BCUT2D eigenvalue weighted by atomic mass is 16.1. The Kier molecular flexibility index (Phi) is 4.48. The fourth-order valence-electron chi connectivity index (χ4n) is 3.40. The van der Waals surface area contributed by atoms with Crippen molar-refractivity contribution in [3.8, 4) is 0 Å². The molecule has 19 heavy (non-hydrogen) atoms. The highest BCUT2D eigenvalue weighted by Crippen LogP contribution is 2.38. The Balaban J connectivity index is 1.89. The van der Waals surface area contributed by atoms with E-state index < -0.39 is 5.54 Å². The molecule has 5 nitrogen and oxygen atoms in total. The molecule has 0 aromatic heterocycles. The molecule has 1 aliphatic carbocycles. The van der Waals surface area contributed by atoms with Gasteiger partial charge >= 0.3 is 0 Å². The van der Waals surface area contributed by atoms with E-state index in [1.54, 1.807) is 0 Å². The minimum atomic E-state index is -0.829. The summed E-state index contributed by atoms with van der Waals surface area (Å²) in [5, 5.41) is 0. The van der Waals surface area contributed by atoms with E-state index >= 15 is 0 Å². The van der Waals surface area contributed by atoms with Gasteiger partial charge in [-0.15, -0.1) is 0 Å². The van der Waals surface area contributed by atoms with Gasteiger partial charge in [-0.05, 0) is 51.7 Å². The van der Waals surface area contributed by atoms with Gasteiger partial charge in [0, 0.05) is 19.1 Å². The molecule has 1 saturated carbocycles. The summed E-state index contributed by atoms with van der Waals surface area (Å²) >= 11 is 0. The second-order valence-electron chi connectivity index (χ2n) is 6.30. The van der Waals surface area contributed by atoms with Crippen LogP contribution in [0, 0.1) is 5.92 Å². The van der Waals surface area contributed by atoms with E-state index in [-0.39, 0.29) is 5.91 Å². The fourth-order valence-corrected chi connectivity index (χ4v) is 3.40. The average molecular weight is 268 g/mol. The molecule has 1 heterocycles. The molecule has 0 radical (unpaired) electrons. The highest BCUT2D eigenvalue weighted by molar-refractivity contribution is 5.85. The van der Waals surface area contributed by atoms with Crippen LogP contribution in [0.3, 0.4) is 0 Å². The van der Waals surface area contributed by atoms with E-state index in [0.717, 1.165) is 25.9 Å². The summed E-state index contributed by atoms with van der Waals surface area (Å²) in [6.45, 7) is 6.07. The molecular formula is C14H28N4O. The van der Waals surface area contributed by atoms with Crippen LogP contribution in [0.15, 0.2) is 0 Å². The third-order valence-electron chi connectivity index (χ3n) is 4.72. The van der Waals surface area contributed by atoms with Crippen molar-refractivity contribution in [3.63, 3.8) is 0 Å². The summed E-state index contributed by atoms with van der Waals surface area (Å²) in [6, 6.07) is 0.603. The molecule has 0 aromatic carbocycles. The predicted molar refractivity (Wildman–Crippen MR) is 76.6 cm³/mol. The topological polar surface area (TPSA) is 75.6 Å². The maximum atomic E-state index is 11.7. The second kappa shape index (κ2) is 5.77. The number of carbonyl (C=O) groups excluding carboxylic acids is 1. The Morgan fingerprint density at radius 3 is 2.63 bits per heavy atom. The minimum absolute atomic E-state index is 0.290. The maximum absolute atomic E-state index is 11.7. The summed E-state index contributed by atoms with van der Waals surface area (Å²) in [4.78, 5) is 16.4. The third kappa shape index (κ3) is 3.27. The lowest BCUT2D eigenvalue weighted by Crippen LogP contribution is -2.61. The Morgan fingerprint density at radius 1 is 1.42 bits per heavy atom. The summed E-state index contributed by atoms with van der Waals surface area (Å²) in [6.07, 6.45) is 4.60. The molecule has 1 amide bonds. The quantitative estimate of drug-likeness (QED) is 0.681. The monoisotopic (exact) mass is 268 g/mol. The number of nitrogens with zero attached hydrogens (tertiary/aromatic N) is 2. The van der Waals surface area contributed by atoms with Gasteiger partial charge in [0.1, 0.15) is 5.54 Å². The number of likely N-dealkylation sites (N-methyl/N-ethyl adjacent to an activating group) is 2. The number of amides is 1. The standard InChI is InChI=1S/C14H28N4O/c1-3-18-8-4-5-12(18)9-17(2)10-14(16,13(15)19)11-6-7-11/h11-12H,3-10,16H2,1-2H3,(H2,15,19). The van der Waals surface area contributed by atoms with E-state index in [4.69, 9.17) is 11.5 Å². The molecule has 2 unspecified atom stereocenters. The molecule has 4 N–H and O–H groups in total. The summed E-state index contributed by atoms with van der Waals surface area (Å²) < 4.78 is 0. The smallest absolute Gasteiger partial charge is 0.239 e. The van der Waals surface area contributed by atoms with Crippen LogP contribution in [-0.2, 0) is 4.79 Å². The Bertz CT molecular complexity index is 331. The zero-order chi connectivity index (χ0) is 14.0. The first-order chi connectivity index (χ1) is 8.97. The van der Waals surface area contributed by atoms with Gasteiger partial charge in [-0.2, -0.15) is 0 Å². The zero-order valence-corrected chi connectivity index (χ0v) is 12.3. The third-order valence-corrected chi connectivity index (χ3v) is 4.72.